The van der Waals surface area contributed by atoms with Crippen LogP contribution in [0.4, 0.5) is 0 Å². The lowest BCUT2D eigenvalue weighted by Crippen LogP contribution is -2.27. The Balaban J connectivity index is 1.67. The van der Waals surface area contributed by atoms with Gasteiger partial charge in [0, 0.05) is 29.4 Å². The van der Waals surface area contributed by atoms with Crippen molar-refractivity contribution in [3.05, 3.63) is 65.2 Å². The number of nitrogens with one attached hydrogen (secondary N) is 2. The lowest BCUT2D eigenvalue weighted by Gasteiger charge is -2.30. The summed E-state index contributed by atoms with van der Waals surface area (Å²) < 4.78 is 37.1. The van der Waals surface area contributed by atoms with Crippen molar-refractivity contribution >= 4 is 26.7 Å². The maximum absolute atomic E-state index is 13.1. The van der Waals surface area contributed by atoms with Crippen molar-refractivity contribution in [2.24, 2.45) is 0 Å². The van der Waals surface area contributed by atoms with Crippen LogP contribution in [0.5, 0.6) is 17.2 Å². The Morgan fingerprint density at radius 2 is 1.50 bits per heavy atom. The van der Waals surface area contributed by atoms with Gasteiger partial charge in [-0.2, -0.15) is 0 Å². The van der Waals surface area contributed by atoms with Gasteiger partial charge < -0.3 is 19.9 Å². The molecule has 0 spiro atoms. The van der Waals surface area contributed by atoms with E-state index < -0.39 is 15.9 Å². The summed E-state index contributed by atoms with van der Waals surface area (Å²) in [6.45, 7) is 14.3. The number of phenols is 1. The molecule has 230 valence electrons. The highest BCUT2D eigenvalue weighted by atomic mass is 32.2. The van der Waals surface area contributed by atoms with Gasteiger partial charge in [-0.05, 0) is 47.8 Å². The number of benzene rings is 3. The minimum absolute atomic E-state index is 0.0440. The van der Waals surface area contributed by atoms with Crippen LogP contribution in [0.15, 0.2) is 48.5 Å². The third kappa shape index (κ3) is 8.38. The van der Waals surface area contributed by atoms with Crippen molar-refractivity contribution in [3.8, 4) is 17.2 Å². The molecule has 0 saturated heterocycles. The van der Waals surface area contributed by atoms with Gasteiger partial charge in [0.2, 0.25) is 10.0 Å². The van der Waals surface area contributed by atoms with E-state index in [9.17, 15) is 18.3 Å². The second-order valence-corrected chi connectivity index (χ2v) is 13.8. The van der Waals surface area contributed by atoms with Crippen LogP contribution in [0, 0.1) is 0 Å². The van der Waals surface area contributed by atoms with Crippen LogP contribution in [-0.2, 0) is 20.9 Å². The van der Waals surface area contributed by atoms with E-state index in [0.717, 1.165) is 24.8 Å². The Morgan fingerprint density at radius 3 is 2.14 bits per heavy atom. The normalized spacial score (nSPS) is 12.4. The monoisotopic (exact) mass is 598 g/mol. The van der Waals surface area contributed by atoms with Crippen LogP contribution in [0.3, 0.4) is 0 Å². The van der Waals surface area contributed by atoms with Crippen LogP contribution in [0.25, 0.3) is 10.8 Å². The van der Waals surface area contributed by atoms with Crippen LogP contribution in [0.1, 0.15) is 82.3 Å². The van der Waals surface area contributed by atoms with E-state index in [1.165, 1.54) is 17.2 Å². The molecule has 0 radical (unpaired) electrons. The van der Waals surface area contributed by atoms with E-state index in [-0.39, 0.29) is 35.3 Å². The highest BCUT2D eigenvalue weighted by molar-refractivity contribution is 7.88. The lowest BCUT2D eigenvalue weighted by atomic mass is 9.76. The summed E-state index contributed by atoms with van der Waals surface area (Å²) in [5, 5.41) is 14.8. The summed E-state index contributed by atoms with van der Waals surface area (Å²) in [6, 6.07) is 15.0. The molecule has 0 unspecified atom stereocenters. The molecular formula is C33H46N2O6S. The first-order chi connectivity index (χ1) is 19.7. The summed E-state index contributed by atoms with van der Waals surface area (Å²) in [4.78, 5) is 13.1. The van der Waals surface area contributed by atoms with Gasteiger partial charge in [0.05, 0.1) is 18.4 Å². The highest BCUT2D eigenvalue weighted by Crippen LogP contribution is 2.39. The number of phenolic OH excluding ortho intramolecular Hbond substituents is 1. The topological polar surface area (TPSA) is 114 Å². The van der Waals surface area contributed by atoms with Crippen molar-refractivity contribution in [1.82, 2.24) is 10.0 Å². The van der Waals surface area contributed by atoms with Crippen molar-refractivity contribution in [2.45, 2.75) is 71.6 Å². The van der Waals surface area contributed by atoms with Gasteiger partial charge in [-0.3, -0.25) is 4.79 Å². The number of fused-ring (bicyclic) bond motifs is 1. The molecule has 0 aliphatic heterocycles. The number of amides is 1. The smallest absolute Gasteiger partial charge is 0.255 e. The zero-order valence-electron chi connectivity index (χ0n) is 26.0. The summed E-state index contributed by atoms with van der Waals surface area (Å²) in [5.74, 6) is 0.676. The first-order valence-electron chi connectivity index (χ1n) is 14.6. The second kappa shape index (κ2) is 13.8. The quantitative estimate of drug-likeness (QED) is 0.184. The molecule has 0 saturated carbocycles. The molecule has 0 aliphatic carbocycles. The SMILES string of the molecule is CCC(C)(C)c1ccc(OCCCNC(=O)c2cc(OCCNS(C)(=O)=O)c3ccccc3c2O)c(C(C)(C)CC)c1. The van der Waals surface area contributed by atoms with Crippen molar-refractivity contribution in [1.29, 1.82) is 0 Å². The number of rotatable bonds is 15. The van der Waals surface area contributed by atoms with E-state index in [0.29, 0.717) is 36.1 Å². The Hall–Kier alpha value is -3.30. The number of hydrogen-bond acceptors (Lipinski definition) is 6. The molecule has 9 heteroatoms. The molecule has 3 aromatic rings. The number of ether oxygens (including phenoxy) is 2. The molecule has 3 N–H and O–H groups in total. The van der Waals surface area contributed by atoms with Crippen LogP contribution in [0.2, 0.25) is 0 Å². The third-order valence-corrected chi connectivity index (χ3v) is 8.80. The first-order valence-corrected chi connectivity index (χ1v) is 16.5. The zero-order valence-corrected chi connectivity index (χ0v) is 26.8. The van der Waals surface area contributed by atoms with E-state index in [4.69, 9.17) is 9.47 Å². The molecule has 42 heavy (non-hydrogen) atoms. The van der Waals surface area contributed by atoms with Gasteiger partial charge in [0.25, 0.3) is 5.91 Å². The highest BCUT2D eigenvalue weighted by Gasteiger charge is 2.26. The number of carbonyl (C=O) groups excluding carboxylic acids is 1. The van der Waals surface area contributed by atoms with Crippen LogP contribution >= 0.6 is 0 Å². The van der Waals surface area contributed by atoms with Crippen LogP contribution < -0.4 is 19.5 Å². The fraction of sp³-hybridized carbons (Fsp3) is 0.485. The maximum Gasteiger partial charge on any atom is 0.255 e. The molecule has 8 nitrogen and oxygen atoms in total. The molecule has 3 rings (SSSR count). The summed E-state index contributed by atoms with van der Waals surface area (Å²) >= 11 is 0. The number of carbonyl (C=O) groups is 1. The Morgan fingerprint density at radius 1 is 0.857 bits per heavy atom. The molecule has 0 aliphatic rings. The van der Waals surface area contributed by atoms with Gasteiger partial charge in [0.15, 0.2) is 0 Å². The van der Waals surface area contributed by atoms with Crippen LogP contribution in [-0.4, -0.2) is 52.0 Å². The Kier molecular flexibility index (Phi) is 10.9. The van der Waals surface area contributed by atoms with Gasteiger partial charge in [0.1, 0.15) is 23.9 Å². The molecule has 1 amide bonds. The van der Waals surface area contributed by atoms with E-state index in [2.05, 4.69) is 69.8 Å². The summed E-state index contributed by atoms with van der Waals surface area (Å²) in [6.07, 6.45) is 3.67. The van der Waals surface area contributed by atoms with E-state index >= 15 is 0 Å². The summed E-state index contributed by atoms with van der Waals surface area (Å²) in [7, 11) is -3.35. The minimum atomic E-state index is -3.35. The van der Waals surface area contributed by atoms with Gasteiger partial charge in [-0.15, -0.1) is 0 Å². The predicted octanol–water partition coefficient (Wildman–Crippen LogP) is 6.05. The average Bonchev–Trinajstić information content (AvgIpc) is 2.95. The zero-order chi connectivity index (χ0) is 31.1. The number of sulfonamides is 1. The standard InChI is InChI=1S/C33H46N2O6S/c1-8-32(3,4)23-15-16-28(27(21-23)33(5,6)9-2)40-19-12-17-34-31(37)26-22-29(41-20-18-35-42(7,38)39)24-13-10-11-14-25(24)30(26)36/h10-11,13-16,21-22,35-36H,8-9,12,17-20H2,1-7H3,(H,34,37). The number of hydrogen-bond donors (Lipinski definition) is 3. The molecule has 0 fully saturated rings. The number of aromatic hydroxyl groups is 1. The van der Waals surface area contributed by atoms with E-state index in [1.807, 2.05) is 0 Å². The second-order valence-electron chi connectivity index (χ2n) is 12.0. The van der Waals surface area contributed by atoms with Crippen molar-refractivity contribution < 1.29 is 27.8 Å². The molecule has 0 bridgehead atoms. The Bertz CT molecular complexity index is 1500. The molecule has 0 heterocycles. The summed E-state index contributed by atoms with van der Waals surface area (Å²) in [5.41, 5.74) is 2.60. The van der Waals surface area contributed by atoms with Gasteiger partial charge in [-0.1, -0.05) is 77.9 Å². The van der Waals surface area contributed by atoms with E-state index in [1.54, 1.807) is 24.3 Å². The minimum Gasteiger partial charge on any atom is -0.506 e. The largest absolute Gasteiger partial charge is 0.506 e. The van der Waals surface area contributed by atoms with Gasteiger partial charge in [-0.25, -0.2) is 13.1 Å². The predicted molar refractivity (Wildman–Crippen MR) is 169 cm³/mol. The molecule has 3 aromatic carbocycles. The molecule has 0 atom stereocenters. The third-order valence-electron chi connectivity index (χ3n) is 8.07. The lowest BCUT2D eigenvalue weighted by molar-refractivity contribution is 0.0948. The maximum atomic E-state index is 13.1. The fourth-order valence-electron chi connectivity index (χ4n) is 4.56. The Labute approximate surface area is 250 Å². The molecular weight excluding hydrogens is 552 g/mol. The van der Waals surface area contributed by atoms with Crippen molar-refractivity contribution in [2.75, 3.05) is 32.6 Å². The molecule has 0 aromatic heterocycles. The first kappa shape index (κ1) is 33.2. The average molecular weight is 599 g/mol. The van der Waals surface area contributed by atoms with Crippen molar-refractivity contribution in [3.63, 3.8) is 0 Å². The van der Waals surface area contributed by atoms with Gasteiger partial charge >= 0.3 is 0 Å². The fourth-order valence-corrected chi connectivity index (χ4v) is 5.01.